The van der Waals surface area contributed by atoms with Crippen molar-refractivity contribution in [1.82, 2.24) is 10.2 Å². The van der Waals surface area contributed by atoms with Gasteiger partial charge in [-0.05, 0) is 12.1 Å². The van der Waals surface area contributed by atoms with Crippen LogP contribution in [0.1, 0.15) is 6.42 Å². The number of carbonyl (C=O) groups is 2. The summed E-state index contributed by atoms with van der Waals surface area (Å²) in [6, 6.07) is 7.30. The van der Waals surface area contributed by atoms with Crippen LogP contribution in [0.5, 0.6) is 5.75 Å². The number of methoxy groups -OCH3 is 1. The van der Waals surface area contributed by atoms with Crippen molar-refractivity contribution in [2.45, 2.75) is 6.42 Å². The summed E-state index contributed by atoms with van der Waals surface area (Å²) in [5.74, 6) is 0.868. The lowest BCUT2D eigenvalue weighted by Crippen LogP contribution is -2.49. The Hall–Kier alpha value is -2.44. The van der Waals surface area contributed by atoms with Crippen LogP contribution in [0.3, 0.4) is 0 Å². The molecule has 0 radical (unpaired) electrons. The van der Waals surface area contributed by atoms with E-state index in [1.165, 1.54) is 0 Å². The molecule has 0 spiro atoms. The number of nitrogens with zero attached hydrogens (tertiary/aromatic N) is 2. The molecule has 2 rings (SSSR count). The highest BCUT2D eigenvalue weighted by atomic mass is 16.5. The van der Waals surface area contributed by atoms with Crippen LogP contribution in [-0.2, 0) is 4.79 Å². The first-order valence-electron chi connectivity index (χ1n) is 7.30. The van der Waals surface area contributed by atoms with Gasteiger partial charge >= 0.3 is 6.03 Å². The lowest BCUT2D eigenvalue weighted by atomic mass is 10.2. The number of carbonyl (C=O) groups excluding carboxylic acids is 2. The second kappa shape index (κ2) is 7.53. The standard InChI is InChI=1S/C15H22N4O3/c1-22-13-4-2-3-12(11-13)18-7-9-19(10-8-18)14(20)5-6-17-15(16)21/h2-4,11H,5-10H2,1H3,(H3,16,17,21). The second-order valence-electron chi connectivity index (χ2n) is 5.11. The molecule has 0 aliphatic carbocycles. The number of primary amides is 1. The monoisotopic (exact) mass is 306 g/mol. The number of ether oxygens (including phenoxy) is 1. The van der Waals surface area contributed by atoms with Crippen LogP contribution in [0.15, 0.2) is 24.3 Å². The van der Waals surface area contributed by atoms with Gasteiger partial charge < -0.3 is 25.6 Å². The van der Waals surface area contributed by atoms with Crippen LogP contribution in [0.4, 0.5) is 10.5 Å². The summed E-state index contributed by atoms with van der Waals surface area (Å²) < 4.78 is 5.23. The van der Waals surface area contributed by atoms with E-state index in [0.29, 0.717) is 13.1 Å². The maximum atomic E-state index is 12.0. The van der Waals surface area contributed by atoms with E-state index in [1.54, 1.807) is 7.11 Å². The molecule has 0 atom stereocenters. The van der Waals surface area contributed by atoms with Gasteiger partial charge in [0, 0.05) is 50.9 Å². The number of amides is 3. The Morgan fingerprint density at radius 1 is 1.27 bits per heavy atom. The van der Waals surface area contributed by atoms with Crippen LogP contribution < -0.4 is 20.7 Å². The molecule has 1 aromatic rings. The van der Waals surface area contributed by atoms with Crippen LogP contribution in [-0.4, -0.2) is 56.7 Å². The minimum Gasteiger partial charge on any atom is -0.497 e. The van der Waals surface area contributed by atoms with Crippen molar-refractivity contribution in [1.29, 1.82) is 0 Å². The fourth-order valence-electron chi connectivity index (χ4n) is 2.47. The topological polar surface area (TPSA) is 87.9 Å². The van der Waals surface area contributed by atoms with E-state index < -0.39 is 6.03 Å². The van der Waals surface area contributed by atoms with Crippen molar-refractivity contribution in [2.24, 2.45) is 5.73 Å². The van der Waals surface area contributed by atoms with Crippen molar-refractivity contribution in [3.63, 3.8) is 0 Å². The van der Waals surface area contributed by atoms with Crippen molar-refractivity contribution in [2.75, 3.05) is 44.7 Å². The molecular weight excluding hydrogens is 284 g/mol. The number of hydrogen-bond acceptors (Lipinski definition) is 4. The third-order valence-electron chi connectivity index (χ3n) is 3.69. The maximum Gasteiger partial charge on any atom is 0.312 e. The smallest absolute Gasteiger partial charge is 0.312 e. The molecule has 3 N–H and O–H groups in total. The van der Waals surface area contributed by atoms with E-state index in [4.69, 9.17) is 10.5 Å². The first kappa shape index (κ1) is 15.9. The summed E-state index contributed by atoms with van der Waals surface area (Å²) in [5.41, 5.74) is 6.07. The molecule has 7 nitrogen and oxygen atoms in total. The van der Waals surface area contributed by atoms with Crippen molar-refractivity contribution >= 4 is 17.6 Å². The lowest BCUT2D eigenvalue weighted by Gasteiger charge is -2.36. The summed E-state index contributed by atoms with van der Waals surface area (Å²) in [5, 5.41) is 2.43. The predicted molar refractivity (Wildman–Crippen MR) is 84.0 cm³/mol. The molecule has 7 heteroatoms. The zero-order valence-corrected chi connectivity index (χ0v) is 12.7. The Balaban J connectivity index is 1.82. The molecule has 120 valence electrons. The molecule has 1 heterocycles. The number of rotatable bonds is 5. The molecular formula is C15H22N4O3. The highest BCUT2D eigenvalue weighted by molar-refractivity contribution is 5.78. The molecule has 3 amide bonds. The highest BCUT2D eigenvalue weighted by Gasteiger charge is 2.21. The van der Waals surface area contributed by atoms with Crippen molar-refractivity contribution in [3.8, 4) is 5.75 Å². The summed E-state index contributed by atoms with van der Waals surface area (Å²) in [7, 11) is 1.65. The molecule has 0 saturated carbocycles. The molecule has 1 aromatic carbocycles. The van der Waals surface area contributed by atoms with Gasteiger partial charge in [-0.2, -0.15) is 0 Å². The number of anilines is 1. The number of nitrogens with two attached hydrogens (primary N) is 1. The van der Waals surface area contributed by atoms with Crippen molar-refractivity contribution < 1.29 is 14.3 Å². The Labute approximate surface area is 130 Å². The fraction of sp³-hybridized carbons (Fsp3) is 0.467. The van der Waals surface area contributed by atoms with E-state index in [9.17, 15) is 9.59 Å². The summed E-state index contributed by atoms with van der Waals surface area (Å²) in [6.45, 7) is 3.19. The van der Waals surface area contributed by atoms with E-state index in [2.05, 4.69) is 10.2 Å². The Kier molecular flexibility index (Phi) is 5.46. The van der Waals surface area contributed by atoms with Crippen LogP contribution in [0.25, 0.3) is 0 Å². The lowest BCUT2D eigenvalue weighted by molar-refractivity contribution is -0.131. The predicted octanol–water partition coefficient (Wildman–Crippen LogP) is 0.402. The van der Waals surface area contributed by atoms with E-state index in [0.717, 1.165) is 24.5 Å². The van der Waals surface area contributed by atoms with E-state index in [1.807, 2.05) is 29.2 Å². The Morgan fingerprint density at radius 2 is 2.00 bits per heavy atom. The number of hydrogen-bond donors (Lipinski definition) is 2. The molecule has 1 saturated heterocycles. The van der Waals surface area contributed by atoms with Crippen molar-refractivity contribution in [3.05, 3.63) is 24.3 Å². The van der Waals surface area contributed by atoms with Crippen LogP contribution >= 0.6 is 0 Å². The van der Waals surface area contributed by atoms with Crippen LogP contribution in [0, 0.1) is 0 Å². The fourth-order valence-corrected chi connectivity index (χ4v) is 2.47. The molecule has 0 bridgehead atoms. The normalized spacial score (nSPS) is 14.6. The Bertz CT molecular complexity index is 527. The van der Waals surface area contributed by atoms with Gasteiger partial charge in [-0.25, -0.2) is 4.79 Å². The van der Waals surface area contributed by atoms with Gasteiger partial charge in [0.25, 0.3) is 0 Å². The van der Waals surface area contributed by atoms with E-state index >= 15 is 0 Å². The van der Waals surface area contributed by atoms with Gasteiger partial charge in [-0.15, -0.1) is 0 Å². The van der Waals surface area contributed by atoms with Gasteiger partial charge in [0.1, 0.15) is 5.75 Å². The minimum atomic E-state index is -0.601. The molecule has 1 aliphatic heterocycles. The first-order valence-corrected chi connectivity index (χ1v) is 7.30. The van der Waals surface area contributed by atoms with Gasteiger partial charge in [-0.3, -0.25) is 4.79 Å². The van der Waals surface area contributed by atoms with Gasteiger partial charge in [0.2, 0.25) is 5.91 Å². The minimum absolute atomic E-state index is 0.0408. The second-order valence-corrected chi connectivity index (χ2v) is 5.11. The largest absolute Gasteiger partial charge is 0.497 e. The van der Waals surface area contributed by atoms with Gasteiger partial charge in [0.15, 0.2) is 0 Å². The SMILES string of the molecule is COc1cccc(N2CCN(C(=O)CCNC(N)=O)CC2)c1. The highest BCUT2D eigenvalue weighted by Crippen LogP contribution is 2.22. The third kappa shape index (κ3) is 4.28. The maximum absolute atomic E-state index is 12.0. The number of benzene rings is 1. The van der Waals surface area contributed by atoms with Gasteiger partial charge in [-0.1, -0.05) is 6.07 Å². The molecule has 1 fully saturated rings. The molecule has 22 heavy (non-hydrogen) atoms. The number of nitrogens with one attached hydrogen (secondary N) is 1. The first-order chi connectivity index (χ1) is 10.6. The molecule has 1 aliphatic rings. The summed E-state index contributed by atoms with van der Waals surface area (Å²) >= 11 is 0. The molecule has 0 unspecified atom stereocenters. The van der Waals surface area contributed by atoms with E-state index in [-0.39, 0.29) is 18.9 Å². The number of piperazine rings is 1. The molecule has 0 aromatic heterocycles. The van der Waals surface area contributed by atoms with Crippen LogP contribution in [0.2, 0.25) is 0 Å². The zero-order chi connectivity index (χ0) is 15.9. The summed E-state index contributed by atoms with van der Waals surface area (Å²) in [6.07, 6.45) is 0.280. The Morgan fingerprint density at radius 3 is 2.64 bits per heavy atom. The summed E-state index contributed by atoms with van der Waals surface area (Å²) in [4.78, 5) is 26.6. The third-order valence-corrected chi connectivity index (χ3v) is 3.69. The number of urea groups is 1. The average Bonchev–Trinajstić information content (AvgIpc) is 2.54. The van der Waals surface area contributed by atoms with Gasteiger partial charge in [0.05, 0.1) is 7.11 Å². The zero-order valence-electron chi connectivity index (χ0n) is 12.7. The quantitative estimate of drug-likeness (QED) is 0.824. The average molecular weight is 306 g/mol.